The molecule has 0 N–H and O–H groups in total. The number of nitrogens with zero attached hydrogens (tertiary/aromatic N) is 2. The third-order valence-corrected chi connectivity index (χ3v) is 3.24. The summed E-state index contributed by atoms with van der Waals surface area (Å²) in [4.78, 5) is 11.9. The maximum absolute atomic E-state index is 10.4. The molecule has 0 aliphatic carbocycles. The van der Waals surface area contributed by atoms with Crippen molar-refractivity contribution in [1.29, 1.82) is 0 Å². The van der Waals surface area contributed by atoms with Crippen molar-refractivity contribution in [3.05, 3.63) is 0 Å². The number of rotatable bonds is 2. The van der Waals surface area contributed by atoms with Gasteiger partial charge in [0.1, 0.15) is 0 Å². The molecule has 0 saturated carbocycles. The molecule has 12 heavy (non-hydrogen) atoms. The molecule has 1 spiro atoms. The maximum Gasteiger partial charge on any atom is 0.209 e. The molecule has 2 aliphatic heterocycles. The summed E-state index contributed by atoms with van der Waals surface area (Å²) in [5, 5.41) is 0. The molecule has 0 bridgehead atoms. The molecular weight excluding hydrogens is 180 g/mol. The highest BCUT2D eigenvalue weighted by atomic mass is 32.2. The van der Waals surface area contributed by atoms with Crippen molar-refractivity contribution < 1.29 is 13.2 Å². The Morgan fingerprint density at radius 3 is 2.17 bits per heavy atom. The zero-order chi connectivity index (χ0) is 8.77. The minimum absolute atomic E-state index is 0.107. The molecule has 0 aromatic rings. The third-order valence-electron chi connectivity index (χ3n) is 2.49. The van der Waals surface area contributed by atoms with Crippen LogP contribution in [0.5, 0.6) is 0 Å². The van der Waals surface area contributed by atoms with Gasteiger partial charge in [-0.15, -0.1) is 0 Å². The van der Waals surface area contributed by atoms with Gasteiger partial charge >= 0.3 is 0 Å². The Morgan fingerprint density at radius 2 is 1.75 bits per heavy atom. The lowest BCUT2D eigenvalue weighted by Crippen LogP contribution is -2.71. The number of thiol groups is 1. The monoisotopic (exact) mass is 190 g/mol. The molecule has 0 unspecified atom stereocenters. The van der Waals surface area contributed by atoms with Crippen LogP contribution in [-0.4, -0.2) is 50.2 Å². The molecule has 0 aromatic heterocycles. The van der Waals surface area contributed by atoms with E-state index in [0.29, 0.717) is 13.1 Å². The Morgan fingerprint density at radius 1 is 1.17 bits per heavy atom. The predicted octanol–water partition coefficient (Wildman–Crippen LogP) is -1.71. The average Bonchev–Trinajstić information content (AvgIpc) is 1.81. The van der Waals surface area contributed by atoms with Crippen molar-refractivity contribution in [1.82, 2.24) is 9.21 Å². The first-order chi connectivity index (χ1) is 5.65. The van der Waals surface area contributed by atoms with Crippen LogP contribution in [0.2, 0.25) is 0 Å². The standard InChI is InChI=1S/C6H10N2O3S/c9-5-7-1-6(2-7)3-8(4-6)12(10)11/h5,12H,1-4H2. The fraction of sp³-hybridized carbons (Fsp3) is 0.833. The molecule has 0 radical (unpaired) electrons. The fourth-order valence-corrected chi connectivity index (χ4v) is 2.76. The first kappa shape index (κ1) is 8.00. The van der Waals surface area contributed by atoms with E-state index in [1.165, 1.54) is 4.31 Å². The molecule has 2 fully saturated rings. The van der Waals surface area contributed by atoms with Gasteiger partial charge in [-0.1, -0.05) is 0 Å². The zero-order valence-electron chi connectivity index (χ0n) is 6.47. The Bertz CT molecular complexity index is 267. The van der Waals surface area contributed by atoms with Crippen LogP contribution in [0.15, 0.2) is 0 Å². The van der Waals surface area contributed by atoms with E-state index in [-0.39, 0.29) is 5.41 Å². The van der Waals surface area contributed by atoms with Gasteiger partial charge in [0.05, 0.1) is 0 Å². The zero-order valence-corrected chi connectivity index (χ0v) is 7.37. The summed E-state index contributed by atoms with van der Waals surface area (Å²) in [6.45, 7) is 2.62. The molecule has 0 atom stereocenters. The van der Waals surface area contributed by atoms with Crippen LogP contribution in [0.4, 0.5) is 0 Å². The lowest BCUT2D eigenvalue weighted by molar-refractivity contribution is -0.137. The Labute approximate surface area is 72.0 Å². The van der Waals surface area contributed by atoms with E-state index in [2.05, 4.69) is 0 Å². The normalized spacial score (nSPS) is 26.9. The van der Waals surface area contributed by atoms with Crippen LogP contribution < -0.4 is 0 Å². The highest BCUT2D eigenvalue weighted by molar-refractivity contribution is 7.69. The average molecular weight is 190 g/mol. The number of hydrogen-bond acceptors (Lipinski definition) is 3. The van der Waals surface area contributed by atoms with Crippen molar-refractivity contribution in [2.45, 2.75) is 0 Å². The highest BCUT2D eigenvalue weighted by Crippen LogP contribution is 2.38. The predicted molar refractivity (Wildman–Crippen MR) is 42.0 cm³/mol. The van der Waals surface area contributed by atoms with Crippen molar-refractivity contribution >= 4 is 17.3 Å². The van der Waals surface area contributed by atoms with Crippen LogP contribution in [-0.2, 0) is 15.7 Å². The van der Waals surface area contributed by atoms with E-state index in [9.17, 15) is 13.2 Å². The second-order valence-electron chi connectivity index (χ2n) is 3.57. The summed E-state index contributed by atoms with van der Waals surface area (Å²) >= 11 is 0. The smallest absolute Gasteiger partial charge is 0.209 e. The maximum atomic E-state index is 10.4. The van der Waals surface area contributed by atoms with Gasteiger partial charge in [-0.3, -0.25) is 4.79 Å². The van der Waals surface area contributed by atoms with Crippen molar-refractivity contribution in [2.24, 2.45) is 5.41 Å². The molecule has 1 amide bonds. The van der Waals surface area contributed by atoms with Gasteiger partial charge in [-0.25, -0.2) is 12.7 Å². The summed E-state index contributed by atoms with van der Waals surface area (Å²) in [5.41, 5.74) is 0.107. The summed E-state index contributed by atoms with van der Waals surface area (Å²) in [7, 11) is -2.40. The minimum Gasteiger partial charge on any atom is -0.344 e. The Balaban J connectivity index is 1.86. The van der Waals surface area contributed by atoms with Gasteiger partial charge in [0.25, 0.3) is 0 Å². The molecule has 2 saturated heterocycles. The van der Waals surface area contributed by atoms with Crippen LogP contribution in [0.25, 0.3) is 0 Å². The largest absolute Gasteiger partial charge is 0.344 e. The van der Waals surface area contributed by atoms with E-state index >= 15 is 0 Å². The first-order valence-corrected chi connectivity index (χ1v) is 4.87. The van der Waals surface area contributed by atoms with Gasteiger partial charge in [-0.05, 0) is 0 Å². The van der Waals surface area contributed by atoms with Crippen molar-refractivity contribution in [2.75, 3.05) is 26.2 Å². The van der Waals surface area contributed by atoms with Crippen LogP contribution >= 0.6 is 0 Å². The summed E-state index contributed by atoms with van der Waals surface area (Å²) in [6.07, 6.45) is 0.811. The SMILES string of the molecule is O=CN1CC2(C1)CN([SH](=O)=O)C2. The quantitative estimate of drug-likeness (QED) is 0.416. The molecule has 2 heterocycles. The van der Waals surface area contributed by atoms with Gasteiger partial charge in [0.2, 0.25) is 17.3 Å². The van der Waals surface area contributed by atoms with Crippen LogP contribution in [0.1, 0.15) is 0 Å². The third kappa shape index (κ3) is 1.02. The number of carbonyl (C=O) groups is 1. The molecule has 68 valence electrons. The lowest BCUT2D eigenvalue weighted by atomic mass is 9.75. The second kappa shape index (κ2) is 2.43. The Kier molecular flexibility index (Phi) is 1.62. The molecule has 0 aromatic carbocycles. The second-order valence-corrected chi connectivity index (χ2v) is 4.61. The fourth-order valence-electron chi connectivity index (χ4n) is 1.93. The van der Waals surface area contributed by atoms with Crippen LogP contribution in [0.3, 0.4) is 0 Å². The van der Waals surface area contributed by atoms with E-state index in [1.54, 1.807) is 4.90 Å². The van der Waals surface area contributed by atoms with E-state index < -0.39 is 10.9 Å². The molecule has 5 nitrogen and oxygen atoms in total. The van der Waals surface area contributed by atoms with E-state index in [4.69, 9.17) is 0 Å². The lowest BCUT2D eigenvalue weighted by Gasteiger charge is -2.57. The topological polar surface area (TPSA) is 57.7 Å². The number of hydrogen-bond donors (Lipinski definition) is 1. The van der Waals surface area contributed by atoms with E-state index in [0.717, 1.165) is 19.5 Å². The molecular formula is C6H10N2O3S. The molecule has 2 rings (SSSR count). The first-order valence-electron chi connectivity index (χ1n) is 3.74. The van der Waals surface area contributed by atoms with Gasteiger partial charge in [0, 0.05) is 31.6 Å². The molecule has 2 aliphatic rings. The van der Waals surface area contributed by atoms with Gasteiger partial charge in [0.15, 0.2) is 0 Å². The van der Waals surface area contributed by atoms with E-state index in [1.807, 2.05) is 0 Å². The Hall–Kier alpha value is -0.620. The summed E-state index contributed by atoms with van der Waals surface area (Å²) in [6, 6.07) is 0. The minimum atomic E-state index is -2.40. The van der Waals surface area contributed by atoms with Crippen molar-refractivity contribution in [3.63, 3.8) is 0 Å². The van der Waals surface area contributed by atoms with Crippen molar-refractivity contribution in [3.8, 4) is 0 Å². The highest BCUT2D eigenvalue weighted by Gasteiger charge is 2.52. The molecule has 6 heteroatoms. The number of amides is 1. The van der Waals surface area contributed by atoms with Gasteiger partial charge in [-0.2, -0.15) is 0 Å². The summed E-state index contributed by atoms with van der Waals surface area (Å²) in [5.74, 6) is 0. The number of likely N-dealkylation sites (tertiary alicyclic amines) is 1. The van der Waals surface area contributed by atoms with Gasteiger partial charge < -0.3 is 4.90 Å². The van der Waals surface area contributed by atoms with Crippen LogP contribution in [0, 0.1) is 5.41 Å². The number of carbonyl (C=O) groups excluding carboxylic acids is 1. The summed E-state index contributed by atoms with van der Waals surface area (Å²) < 4.78 is 22.3.